The topological polar surface area (TPSA) is 13.0 Å². The largest absolute Gasteiger partial charge is 0.367 e. The number of quaternary nitrogens is 2. The van der Waals surface area contributed by atoms with Crippen LogP contribution in [0.2, 0.25) is 0 Å². The smallest absolute Gasteiger partial charge is 0.0836 e. The van der Waals surface area contributed by atoms with E-state index in [1.807, 2.05) is 23.5 Å². The number of benzene rings is 4. The summed E-state index contributed by atoms with van der Waals surface area (Å²) in [5.74, 6) is 0. The van der Waals surface area contributed by atoms with E-state index in [-0.39, 0.29) is 0 Å². The van der Waals surface area contributed by atoms with E-state index in [9.17, 15) is 0 Å². The quantitative estimate of drug-likeness (QED) is 0.0725. The predicted molar refractivity (Wildman–Crippen MR) is 267 cm³/mol. The Morgan fingerprint density at radius 3 is 1.26 bits per heavy atom. The summed E-state index contributed by atoms with van der Waals surface area (Å²) in [7, 11) is 14.1. The van der Waals surface area contributed by atoms with Crippen LogP contribution in [0, 0.1) is 0 Å². The van der Waals surface area contributed by atoms with E-state index in [0.29, 0.717) is 0 Å². The molecule has 0 amide bonds. The zero-order chi connectivity index (χ0) is 42.4. The molecule has 4 aromatic rings. The fourth-order valence-corrected chi connectivity index (χ4v) is 11.7. The Balaban J connectivity index is 0.717. The molecule has 320 valence electrons. The number of hydrogen-bond acceptors (Lipinski definition) is 6. The first-order chi connectivity index (χ1) is 29.6. The molecular weight excluding hydrogens is 785 g/mol. The molecule has 61 heavy (non-hydrogen) atoms. The first-order valence-corrected chi connectivity index (χ1v) is 24.4. The van der Waals surface area contributed by atoms with Crippen molar-refractivity contribution in [3.8, 4) is 0 Å². The van der Waals surface area contributed by atoms with E-state index < -0.39 is 0 Å². The van der Waals surface area contributed by atoms with Crippen LogP contribution in [-0.4, -0.2) is 104 Å². The van der Waals surface area contributed by atoms with Crippen LogP contribution in [0.4, 0.5) is 22.7 Å². The van der Waals surface area contributed by atoms with Gasteiger partial charge in [-0.05, 0) is 98.2 Å². The average Bonchev–Trinajstić information content (AvgIpc) is 3.75. The molecule has 8 heteroatoms. The van der Waals surface area contributed by atoms with Gasteiger partial charge in [-0.1, -0.05) is 96.3 Å². The normalized spacial score (nSPS) is 17.4. The molecule has 0 radical (unpaired) electrons. The van der Waals surface area contributed by atoms with Crippen LogP contribution in [0.3, 0.4) is 0 Å². The van der Waals surface area contributed by atoms with Crippen LogP contribution in [0.1, 0.15) is 56.1 Å². The van der Waals surface area contributed by atoms with Gasteiger partial charge in [0.1, 0.15) is 0 Å². The van der Waals surface area contributed by atoms with Crippen molar-refractivity contribution in [1.82, 2.24) is 0 Å². The number of unbranched alkanes of at least 4 members (excludes halogenated alkanes) is 4. The fourth-order valence-electron chi connectivity index (χ4n) is 9.47. The zero-order valence-electron chi connectivity index (χ0n) is 37.7. The van der Waals surface area contributed by atoms with Gasteiger partial charge in [-0.2, -0.15) is 0 Å². The molecule has 0 spiro atoms. The molecule has 0 N–H and O–H groups in total. The minimum atomic E-state index is 0.978. The van der Waals surface area contributed by atoms with Gasteiger partial charge in [0.2, 0.25) is 0 Å². The van der Waals surface area contributed by atoms with Crippen LogP contribution in [0.15, 0.2) is 141 Å². The van der Waals surface area contributed by atoms with Crippen LogP contribution >= 0.6 is 23.5 Å². The maximum atomic E-state index is 2.59. The number of allylic oxidation sites excluding steroid dienone is 4. The summed E-state index contributed by atoms with van der Waals surface area (Å²) in [5.41, 5.74) is 10.7. The van der Waals surface area contributed by atoms with Gasteiger partial charge in [0.25, 0.3) is 0 Å². The number of fused-ring (bicyclic) bond motifs is 4. The van der Waals surface area contributed by atoms with Gasteiger partial charge in [0, 0.05) is 79.0 Å². The second-order valence-electron chi connectivity index (χ2n) is 18.7. The molecule has 4 heterocycles. The highest BCUT2D eigenvalue weighted by molar-refractivity contribution is 8.04. The summed E-state index contributed by atoms with van der Waals surface area (Å²) >= 11 is 3.75. The van der Waals surface area contributed by atoms with Gasteiger partial charge in [-0.3, -0.25) is 0 Å². The second-order valence-corrected chi connectivity index (χ2v) is 20.8. The number of anilines is 4. The minimum absolute atomic E-state index is 0.978. The van der Waals surface area contributed by atoms with Gasteiger partial charge in [0.05, 0.1) is 75.8 Å². The summed E-state index contributed by atoms with van der Waals surface area (Å²) in [4.78, 5) is 12.5. The van der Waals surface area contributed by atoms with E-state index in [1.54, 1.807) is 0 Å². The second kappa shape index (κ2) is 19.4. The third kappa shape index (κ3) is 10.5. The highest BCUT2D eigenvalue weighted by atomic mass is 32.2. The highest BCUT2D eigenvalue weighted by Crippen LogP contribution is 2.48. The third-order valence-electron chi connectivity index (χ3n) is 13.2. The fraction of sp³-hybridized carbons (Fsp3) is 0.396. The van der Waals surface area contributed by atoms with E-state index in [1.165, 1.54) is 136 Å². The van der Waals surface area contributed by atoms with Crippen LogP contribution in [-0.2, 0) is 0 Å². The van der Waals surface area contributed by atoms with Gasteiger partial charge in [-0.25, -0.2) is 0 Å². The van der Waals surface area contributed by atoms with Crippen LogP contribution < -0.4 is 19.6 Å². The molecule has 6 nitrogen and oxygen atoms in total. The number of para-hydroxylation sites is 4. The molecule has 0 atom stereocenters. The maximum absolute atomic E-state index is 2.59. The molecule has 0 fully saturated rings. The van der Waals surface area contributed by atoms with Gasteiger partial charge in [0.15, 0.2) is 0 Å². The van der Waals surface area contributed by atoms with Gasteiger partial charge >= 0.3 is 0 Å². The molecule has 0 aliphatic carbocycles. The SMILES string of the molecule is CN1C(=CC2=CCN(CCCCC[N+](C)(C)CCC[N+](C)(C)CCCCCN3CC=C(C=C4Sc5ccccc5N4C)c4ccccc43)c3ccccc32)Sc2ccccc21. The van der Waals surface area contributed by atoms with E-state index in [2.05, 4.69) is 183 Å². The Kier molecular flexibility index (Phi) is 13.8. The molecule has 0 bridgehead atoms. The number of rotatable bonds is 18. The lowest BCUT2D eigenvalue weighted by molar-refractivity contribution is -0.909. The standard InChI is InChI=1S/C53H68N6S2/c1-54-48-26-13-15-28-50(48)60-52(54)40-42-30-34-56(46-24-11-9-22-44(42)46)32-17-7-19-36-58(3,4)38-21-39-59(5,6)37-20-8-18-33-57-35-31-43(45-23-10-12-25-47(45)57)41-53-55(2)49-27-14-16-29-51(49)61-53/h9-16,22-31,40-41H,7-8,17-21,32-39H2,1-6H3/q+2. The molecule has 4 aromatic carbocycles. The summed E-state index contributed by atoms with van der Waals surface area (Å²) in [6, 6.07) is 35.4. The molecule has 0 saturated carbocycles. The summed E-state index contributed by atoms with van der Waals surface area (Å²) in [6.07, 6.45) is 18.6. The van der Waals surface area contributed by atoms with Crippen molar-refractivity contribution in [3.63, 3.8) is 0 Å². The first kappa shape index (κ1) is 43.3. The Hall–Kier alpha value is -4.34. The summed E-state index contributed by atoms with van der Waals surface area (Å²) in [5, 5.41) is 2.59. The van der Waals surface area contributed by atoms with Crippen molar-refractivity contribution in [3.05, 3.63) is 143 Å². The molecule has 8 rings (SSSR count). The van der Waals surface area contributed by atoms with Crippen molar-refractivity contribution in [2.75, 3.05) is 114 Å². The highest BCUT2D eigenvalue weighted by Gasteiger charge is 2.26. The Morgan fingerprint density at radius 1 is 0.459 bits per heavy atom. The van der Waals surface area contributed by atoms with Crippen molar-refractivity contribution >= 4 is 57.4 Å². The maximum Gasteiger partial charge on any atom is 0.0836 e. The lowest BCUT2D eigenvalue weighted by Crippen LogP contribution is -2.46. The minimum Gasteiger partial charge on any atom is -0.367 e. The third-order valence-corrected chi connectivity index (χ3v) is 15.5. The summed E-state index contributed by atoms with van der Waals surface area (Å²) < 4.78 is 2.24. The van der Waals surface area contributed by atoms with E-state index in [4.69, 9.17) is 0 Å². The van der Waals surface area contributed by atoms with E-state index >= 15 is 0 Å². The average molecular weight is 853 g/mol. The van der Waals surface area contributed by atoms with E-state index in [0.717, 1.165) is 35.1 Å². The van der Waals surface area contributed by atoms with Crippen molar-refractivity contribution in [1.29, 1.82) is 0 Å². The van der Waals surface area contributed by atoms with Crippen molar-refractivity contribution < 1.29 is 8.97 Å². The summed E-state index contributed by atoms with van der Waals surface area (Å²) in [6.45, 7) is 9.21. The zero-order valence-corrected chi connectivity index (χ0v) is 39.3. The number of nitrogens with zero attached hydrogens (tertiary/aromatic N) is 6. The molecular formula is C53H68N6S2+2. The lowest BCUT2D eigenvalue weighted by atomic mass is 9.98. The van der Waals surface area contributed by atoms with Gasteiger partial charge in [-0.15, -0.1) is 0 Å². The molecule has 0 unspecified atom stereocenters. The first-order valence-electron chi connectivity index (χ1n) is 22.7. The molecule has 0 aromatic heterocycles. The monoisotopic (exact) mass is 852 g/mol. The molecule has 4 aliphatic heterocycles. The van der Waals surface area contributed by atoms with Gasteiger partial charge < -0.3 is 28.6 Å². The van der Waals surface area contributed by atoms with Crippen molar-refractivity contribution in [2.24, 2.45) is 0 Å². The van der Waals surface area contributed by atoms with Crippen LogP contribution in [0.25, 0.3) is 11.1 Å². The van der Waals surface area contributed by atoms with Crippen LogP contribution in [0.5, 0.6) is 0 Å². The Labute approximate surface area is 376 Å². The Bertz CT molecular complexity index is 2130. The number of thioether (sulfide) groups is 2. The predicted octanol–water partition coefficient (Wildman–Crippen LogP) is 11.8. The number of hydrogen-bond donors (Lipinski definition) is 0. The Morgan fingerprint density at radius 2 is 0.836 bits per heavy atom. The lowest BCUT2D eigenvalue weighted by Gasteiger charge is -2.34. The molecule has 4 aliphatic rings. The van der Waals surface area contributed by atoms with Crippen molar-refractivity contribution in [2.45, 2.75) is 54.7 Å². The molecule has 0 saturated heterocycles.